The highest BCUT2D eigenvalue weighted by molar-refractivity contribution is 5.31. The number of aromatic nitrogens is 4. The minimum Gasteiger partial charge on any atom is -0.397 e. The first-order valence-electron chi connectivity index (χ1n) is 4.88. The van der Waals surface area contributed by atoms with Crippen LogP contribution in [0.4, 0.5) is 5.69 Å². The van der Waals surface area contributed by atoms with Gasteiger partial charge in [0.2, 0.25) is 0 Å². The van der Waals surface area contributed by atoms with Crippen LogP contribution >= 0.6 is 0 Å². The van der Waals surface area contributed by atoms with Crippen LogP contribution in [0.2, 0.25) is 0 Å². The molecule has 6 heteroatoms. The van der Waals surface area contributed by atoms with E-state index in [-0.39, 0.29) is 5.56 Å². The van der Waals surface area contributed by atoms with Crippen molar-refractivity contribution in [3.8, 4) is 0 Å². The minimum absolute atomic E-state index is 0.209. The third-order valence-corrected chi connectivity index (χ3v) is 2.30. The van der Waals surface area contributed by atoms with Crippen molar-refractivity contribution in [2.24, 2.45) is 7.05 Å². The molecule has 0 radical (unpaired) electrons. The molecule has 2 N–H and O–H groups in total. The first-order valence-corrected chi connectivity index (χ1v) is 4.88. The Morgan fingerprint density at radius 1 is 1.44 bits per heavy atom. The fourth-order valence-electron chi connectivity index (χ4n) is 1.53. The van der Waals surface area contributed by atoms with Gasteiger partial charge in [0.1, 0.15) is 0 Å². The van der Waals surface area contributed by atoms with E-state index in [9.17, 15) is 4.79 Å². The van der Waals surface area contributed by atoms with Crippen LogP contribution in [0.25, 0.3) is 0 Å². The highest BCUT2D eigenvalue weighted by Crippen LogP contribution is 2.02. The Labute approximate surface area is 92.3 Å². The Balaban J connectivity index is 2.34. The van der Waals surface area contributed by atoms with Crippen molar-refractivity contribution in [2.45, 2.75) is 13.5 Å². The average Bonchev–Trinajstić information content (AvgIpc) is 2.50. The van der Waals surface area contributed by atoms with E-state index < -0.39 is 0 Å². The highest BCUT2D eigenvalue weighted by Gasteiger charge is 2.05. The van der Waals surface area contributed by atoms with Crippen LogP contribution in [0.5, 0.6) is 0 Å². The summed E-state index contributed by atoms with van der Waals surface area (Å²) in [6.07, 6.45) is 1.46. The van der Waals surface area contributed by atoms with Crippen molar-refractivity contribution in [3.05, 3.63) is 40.1 Å². The van der Waals surface area contributed by atoms with Crippen molar-refractivity contribution in [1.29, 1.82) is 0 Å². The van der Waals surface area contributed by atoms with E-state index in [1.54, 1.807) is 4.68 Å². The molecular weight excluding hydrogens is 206 g/mol. The molecule has 84 valence electrons. The molecular formula is C10H13N5O. The number of nitrogens with two attached hydrogens (primary N) is 1. The second-order valence-electron chi connectivity index (χ2n) is 3.69. The highest BCUT2D eigenvalue weighted by atomic mass is 16.1. The number of anilines is 1. The Kier molecular flexibility index (Phi) is 2.47. The van der Waals surface area contributed by atoms with Crippen LogP contribution in [0.15, 0.2) is 23.1 Å². The second kappa shape index (κ2) is 3.80. The molecule has 16 heavy (non-hydrogen) atoms. The Morgan fingerprint density at radius 3 is 2.75 bits per heavy atom. The summed E-state index contributed by atoms with van der Waals surface area (Å²) in [4.78, 5) is 11.6. The fraction of sp³-hybridized carbons (Fsp3) is 0.300. The molecule has 0 atom stereocenters. The summed E-state index contributed by atoms with van der Waals surface area (Å²) in [5, 5.41) is 8.16. The first kappa shape index (κ1) is 10.4. The van der Waals surface area contributed by atoms with Crippen molar-refractivity contribution in [2.75, 3.05) is 5.73 Å². The molecule has 0 aromatic carbocycles. The van der Waals surface area contributed by atoms with Crippen LogP contribution in [0.3, 0.4) is 0 Å². The molecule has 0 saturated heterocycles. The van der Waals surface area contributed by atoms with Gasteiger partial charge in [-0.05, 0) is 13.0 Å². The lowest BCUT2D eigenvalue weighted by Crippen LogP contribution is -2.23. The third kappa shape index (κ3) is 1.95. The van der Waals surface area contributed by atoms with E-state index in [4.69, 9.17) is 5.73 Å². The predicted molar refractivity (Wildman–Crippen MR) is 60.0 cm³/mol. The smallest absolute Gasteiger partial charge is 0.269 e. The molecule has 2 heterocycles. The van der Waals surface area contributed by atoms with E-state index >= 15 is 0 Å². The van der Waals surface area contributed by atoms with Crippen molar-refractivity contribution < 1.29 is 0 Å². The largest absolute Gasteiger partial charge is 0.397 e. The van der Waals surface area contributed by atoms with Crippen LogP contribution in [-0.2, 0) is 13.6 Å². The maximum Gasteiger partial charge on any atom is 0.269 e. The molecule has 0 saturated carbocycles. The summed E-state index contributed by atoms with van der Waals surface area (Å²) >= 11 is 0. The van der Waals surface area contributed by atoms with Gasteiger partial charge >= 0.3 is 0 Å². The van der Waals surface area contributed by atoms with Gasteiger partial charge in [-0.2, -0.15) is 10.2 Å². The topological polar surface area (TPSA) is 78.7 Å². The van der Waals surface area contributed by atoms with Gasteiger partial charge in [-0.3, -0.25) is 9.48 Å². The van der Waals surface area contributed by atoms with E-state index in [1.807, 2.05) is 20.0 Å². The number of rotatable bonds is 2. The van der Waals surface area contributed by atoms with Crippen LogP contribution < -0.4 is 11.3 Å². The number of nitrogen functional groups attached to an aromatic ring is 1. The first-order chi connectivity index (χ1) is 7.56. The molecule has 0 spiro atoms. The molecule has 2 rings (SSSR count). The molecule has 0 fully saturated rings. The Hall–Kier alpha value is -2.11. The van der Waals surface area contributed by atoms with Crippen molar-refractivity contribution in [1.82, 2.24) is 19.6 Å². The van der Waals surface area contributed by atoms with Crippen molar-refractivity contribution in [3.63, 3.8) is 0 Å². The lowest BCUT2D eigenvalue weighted by Gasteiger charge is -2.04. The second-order valence-corrected chi connectivity index (χ2v) is 3.69. The quantitative estimate of drug-likeness (QED) is 0.766. The predicted octanol–water partition coefficient (Wildman–Crippen LogP) is -0.0843. The van der Waals surface area contributed by atoms with E-state index in [1.165, 1.54) is 16.9 Å². The molecule has 2 aromatic heterocycles. The van der Waals surface area contributed by atoms with Gasteiger partial charge in [0.25, 0.3) is 5.56 Å². The lowest BCUT2D eigenvalue weighted by atomic mass is 10.3. The number of aryl methyl sites for hydroxylation is 2. The summed E-state index contributed by atoms with van der Waals surface area (Å²) in [6, 6.07) is 3.28. The van der Waals surface area contributed by atoms with Crippen LogP contribution in [-0.4, -0.2) is 19.6 Å². The lowest BCUT2D eigenvalue weighted by molar-refractivity contribution is 0.591. The summed E-state index contributed by atoms with van der Waals surface area (Å²) in [6.45, 7) is 2.30. The molecule has 0 aliphatic rings. The van der Waals surface area contributed by atoms with Gasteiger partial charge in [-0.15, -0.1) is 0 Å². The zero-order valence-electron chi connectivity index (χ0n) is 9.21. The van der Waals surface area contributed by atoms with Crippen LogP contribution in [0.1, 0.15) is 11.4 Å². The SMILES string of the molecule is Cc1cc(Cn2ncc(N)cc2=O)n(C)n1. The van der Waals surface area contributed by atoms with Crippen LogP contribution in [0, 0.1) is 6.92 Å². The maximum absolute atomic E-state index is 11.6. The van der Waals surface area contributed by atoms with Gasteiger partial charge < -0.3 is 5.73 Å². The third-order valence-electron chi connectivity index (χ3n) is 2.30. The number of hydrogen-bond donors (Lipinski definition) is 1. The number of nitrogens with zero attached hydrogens (tertiary/aromatic N) is 4. The number of hydrogen-bond acceptors (Lipinski definition) is 4. The fourth-order valence-corrected chi connectivity index (χ4v) is 1.53. The van der Waals surface area contributed by atoms with Gasteiger partial charge in [-0.1, -0.05) is 0 Å². The molecule has 6 nitrogen and oxygen atoms in total. The standard InChI is InChI=1S/C10H13N5O/c1-7-3-9(14(2)13-7)6-15-10(16)4-8(11)5-12-15/h3-5H,6,11H2,1-2H3. The average molecular weight is 219 g/mol. The van der Waals surface area contributed by atoms with E-state index in [0.29, 0.717) is 12.2 Å². The molecule has 2 aromatic rings. The monoisotopic (exact) mass is 219 g/mol. The zero-order valence-corrected chi connectivity index (χ0v) is 9.21. The van der Waals surface area contributed by atoms with Gasteiger partial charge in [0.15, 0.2) is 0 Å². The summed E-state index contributed by atoms with van der Waals surface area (Å²) in [7, 11) is 1.84. The normalized spacial score (nSPS) is 10.6. The van der Waals surface area contributed by atoms with E-state index in [2.05, 4.69) is 10.2 Å². The molecule has 0 amide bonds. The van der Waals surface area contributed by atoms with Gasteiger partial charge in [0, 0.05) is 13.1 Å². The molecule has 0 bridgehead atoms. The minimum atomic E-state index is -0.209. The molecule has 0 aliphatic heterocycles. The Bertz CT molecular complexity index is 569. The molecule has 0 unspecified atom stereocenters. The molecule has 0 aliphatic carbocycles. The van der Waals surface area contributed by atoms with Gasteiger partial charge in [0.05, 0.1) is 29.8 Å². The summed E-state index contributed by atoms with van der Waals surface area (Å²) < 4.78 is 3.09. The zero-order chi connectivity index (χ0) is 11.7. The van der Waals surface area contributed by atoms with Gasteiger partial charge in [-0.25, -0.2) is 4.68 Å². The Morgan fingerprint density at radius 2 is 2.19 bits per heavy atom. The summed E-state index contributed by atoms with van der Waals surface area (Å²) in [5.41, 5.74) is 7.47. The summed E-state index contributed by atoms with van der Waals surface area (Å²) in [5.74, 6) is 0. The van der Waals surface area contributed by atoms with E-state index in [0.717, 1.165) is 11.4 Å². The maximum atomic E-state index is 11.6. The van der Waals surface area contributed by atoms with Crippen molar-refractivity contribution >= 4 is 5.69 Å².